The highest BCUT2D eigenvalue weighted by atomic mass is 35.5. The number of ether oxygens (including phenoxy) is 1. The minimum Gasteiger partial charge on any atom is -1.00 e. The molecule has 110 valence electrons. The lowest BCUT2D eigenvalue weighted by Gasteiger charge is -2.49. The minimum absolute atomic E-state index is 0. The summed E-state index contributed by atoms with van der Waals surface area (Å²) in [4.78, 5) is 11.4. The first-order valence-electron chi connectivity index (χ1n) is 6.45. The Balaban J connectivity index is 0.00000133. The van der Waals surface area contributed by atoms with E-state index in [-0.39, 0.29) is 48.6 Å². The molecular weight excluding hydrogens is 292 g/mol. The molecule has 0 aliphatic carbocycles. The van der Waals surface area contributed by atoms with E-state index in [0.29, 0.717) is 13.1 Å². The molecular formula is C11H19ClN2O4S. The Kier molecular flexibility index (Phi) is 4.11. The van der Waals surface area contributed by atoms with E-state index in [2.05, 4.69) is 5.32 Å². The first-order valence-corrected chi connectivity index (χ1v) is 8.27. The van der Waals surface area contributed by atoms with Crippen LogP contribution in [0.4, 0.5) is 0 Å². The molecule has 1 amide bonds. The molecule has 0 saturated carbocycles. The predicted molar refractivity (Wildman–Crippen MR) is 64.7 cm³/mol. The lowest BCUT2D eigenvalue weighted by molar-refractivity contribution is -0.931. The Labute approximate surface area is 119 Å². The molecule has 0 aromatic carbocycles. The zero-order chi connectivity index (χ0) is 12.8. The van der Waals surface area contributed by atoms with Gasteiger partial charge in [-0.1, -0.05) is 0 Å². The summed E-state index contributed by atoms with van der Waals surface area (Å²) in [5.41, 5.74) is 0. The molecule has 0 unspecified atom stereocenters. The average Bonchev–Trinajstić information content (AvgIpc) is 2.33. The van der Waals surface area contributed by atoms with Crippen molar-refractivity contribution in [2.75, 3.05) is 44.3 Å². The van der Waals surface area contributed by atoms with E-state index >= 15 is 0 Å². The van der Waals surface area contributed by atoms with Crippen LogP contribution in [0.5, 0.6) is 0 Å². The molecule has 3 saturated heterocycles. The normalized spacial score (nSPS) is 35.9. The lowest BCUT2D eigenvalue weighted by Crippen LogP contribution is -3.00. The summed E-state index contributed by atoms with van der Waals surface area (Å²) < 4.78 is 29.4. The molecule has 0 bridgehead atoms. The summed E-state index contributed by atoms with van der Waals surface area (Å²) in [5, 5.41) is 2.98. The number of morpholine rings is 1. The van der Waals surface area contributed by atoms with E-state index in [1.165, 1.54) is 0 Å². The fraction of sp³-hybridized carbons (Fsp3) is 0.909. The maximum absolute atomic E-state index is 11.5. The van der Waals surface area contributed by atoms with Crippen LogP contribution in [0.15, 0.2) is 0 Å². The summed E-state index contributed by atoms with van der Waals surface area (Å²) in [6.07, 6.45) is 1.02. The van der Waals surface area contributed by atoms with Crippen molar-refractivity contribution in [3.63, 3.8) is 0 Å². The van der Waals surface area contributed by atoms with Gasteiger partial charge < -0.3 is 26.9 Å². The fourth-order valence-electron chi connectivity index (χ4n) is 3.28. The Morgan fingerprint density at radius 2 is 1.89 bits per heavy atom. The largest absolute Gasteiger partial charge is 1.00 e. The van der Waals surface area contributed by atoms with Crippen LogP contribution in [0.1, 0.15) is 6.42 Å². The van der Waals surface area contributed by atoms with Crippen molar-refractivity contribution < 1.29 is 34.8 Å². The van der Waals surface area contributed by atoms with E-state index in [9.17, 15) is 13.2 Å². The van der Waals surface area contributed by atoms with Crippen molar-refractivity contribution >= 4 is 15.7 Å². The molecule has 6 nitrogen and oxygen atoms in total. The number of fused-ring (bicyclic) bond motifs is 1. The van der Waals surface area contributed by atoms with Gasteiger partial charge in [0, 0.05) is 6.42 Å². The number of piperidine rings is 1. The van der Waals surface area contributed by atoms with Gasteiger partial charge in [0.15, 0.2) is 9.84 Å². The van der Waals surface area contributed by atoms with Crippen molar-refractivity contribution in [1.29, 1.82) is 0 Å². The Hall–Kier alpha value is -0.370. The fourth-order valence-corrected chi connectivity index (χ4v) is 4.82. The van der Waals surface area contributed by atoms with Crippen molar-refractivity contribution in [1.82, 2.24) is 5.32 Å². The number of hydrogen-bond donors (Lipinski definition) is 1. The third-order valence-corrected chi connectivity index (χ3v) is 6.06. The molecule has 3 heterocycles. The lowest BCUT2D eigenvalue weighted by atomic mass is 9.97. The van der Waals surface area contributed by atoms with E-state index < -0.39 is 9.84 Å². The Morgan fingerprint density at radius 3 is 2.58 bits per heavy atom. The van der Waals surface area contributed by atoms with Gasteiger partial charge in [-0.2, -0.15) is 0 Å². The highest BCUT2D eigenvalue weighted by Gasteiger charge is 2.46. The van der Waals surface area contributed by atoms with Crippen LogP contribution in [-0.4, -0.2) is 75.2 Å². The number of quaternary nitrogens is 1. The SMILES string of the molecule is O=C1CO[C@@H]2CC[N+]3(CCS(=O)(=O)CC3)C[C@H]2N1.[Cl-]. The number of rotatable bonds is 0. The van der Waals surface area contributed by atoms with Crippen molar-refractivity contribution in [2.24, 2.45) is 0 Å². The molecule has 3 aliphatic rings. The highest BCUT2D eigenvalue weighted by Crippen LogP contribution is 2.26. The smallest absolute Gasteiger partial charge is 0.246 e. The summed E-state index contributed by atoms with van der Waals surface area (Å²) in [6, 6.07) is 0.0563. The van der Waals surface area contributed by atoms with E-state index in [1.807, 2.05) is 0 Å². The topological polar surface area (TPSA) is 72.5 Å². The molecule has 3 rings (SSSR count). The van der Waals surface area contributed by atoms with Gasteiger partial charge in [-0.05, 0) is 0 Å². The van der Waals surface area contributed by atoms with Crippen molar-refractivity contribution in [3.05, 3.63) is 0 Å². The van der Waals surface area contributed by atoms with Crippen LogP contribution in [0.3, 0.4) is 0 Å². The van der Waals surface area contributed by atoms with Gasteiger partial charge in [-0.15, -0.1) is 0 Å². The van der Waals surface area contributed by atoms with Crippen molar-refractivity contribution in [3.8, 4) is 0 Å². The summed E-state index contributed by atoms with van der Waals surface area (Å²) in [7, 11) is -2.83. The summed E-state index contributed by atoms with van der Waals surface area (Å²) in [5.74, 6) is 0.499. The van der Waals surface area contributed by atoms with Crippen molar-refractivity contribution in [2.45, 2.75) is 18.6 Å². The van der Waals surface area contributed by atoms with E-state index in [4.69, 9.17) is 4.74 Å². The number of halogens is 1. The third-order valence-electron chi connectivity index (χ3n) is 4.45. The highest BCUT2D eigenvalue weighted by molar-refractivity contribution is 7.91. The minimum atomic E-state index is -2.83. The quantitative estimate of drug-likeness (QED) is 0.458. The third kappa shape index (κ3) is 3.04. The maximum Gasteiger partial charge on any atom is 0.246 e. The van der Waals surface area contributed by atoms with E-state index in [1.54, 1.807) is 0 Å². The number of sulfone groups is 1. The number of carbonyl (C=O) groups excluding carboxylic acids is 1. The Bertz CT molecular complexity index is 453. The number of nitrogens with one attached hydrogen (secondary N) is 1. The zero-order valence-electron chi connectivity index (χ0n) is 10.7. The molecule has 0 aromatic rings. The van der Waals surface area contributed by atoms with E-state index in [0.717, 1.165) is 24.0 Å². The van der Waals surface area contributed by atoms with Crippen LogP contribution in [-0.2, 0) is 19.4 Å². The molecule has 8 heteroatoms. The maximum atomic E-state index is 11.5. The van der Waals surface area contributed by atoms with Gasteiger partial charge in [0.05, 0.1) is 37.2 Å². The number of amides is 1. The molecule has 19 heavy (non-hydrogen) atoms. The summed E-state index contributed by atoms with van der Waals surface area (Å²) >= 11 is 0. The number of carbonyl (C=O) groups is 1. The second kappa shape index (κ2) is 5.20. The molecule has 1 spiro atoms. The number of nitrogens with zero attached hydrogens (tertiary/aromatic N) is 1. The number of hydrogen-bond acceptors (Lipinski definition) is 4. The van der Waals surface area contributed by atoms with Crippen LogP contribution in [0, 0.1) is 0 Å². The van der Waals surface area contributed by atoms with Gasteiger partial charge >= 0.3 is 0 Å². The van der Waals surface area contributed by atoms with Gasteiger partial charge in [0.2, 0.25) is 5.91 Å². The van der Waals surface area contributed by atoms with Crippen LogP contribution in [0.25, 0.3) is 0 Å². The first kappa shape index (κ1) is 15.0. The van der Waals surface area contributed by atoms with Crippen LogP contribution < -0.4 is 17.7 Å². The standard InChI is InChI=1S/C11H18N2O4S.ClH/c14-11-8-17-10-1-2-13(7-9(10)12-11)3-5-18(15,16)6-4-13;/h9-10H,1-8H2;1H/t9-,10-;/m1./s1. The predicted octanol–water partition coefficient (Wildman–Crippen LogP) is -4.48. The average molecular weight is 311 g/mol. The molecule has 2 atom stereocenters. The second-order valence-electron chi connectivity index (χ2n) is 5.66. The van der Waals surface area contributed by atoms with Gasteiger partial charge in [-0.25, -0.2) is 8.42 Å². The monoisotopic (exact) mass is 310 g/mol. The molecule has 3 aliphatic heterocycles. The second-order valence-corrected chi connectivity index (χ2v) is 7.96. The molecule has 0 aromatic heterocycles. The molecule has 1 N–H and O–H groups in total. The van der Waals surface area contributed by atoms with Gasteiger partial charge in [-0.3, -0.25) is 4.79 Å². The zero-order valence-corrected chi connectivity index (χ0v) is 12.3. The molecule has 3 fully saturated rings. The van der Waals surface area contributed by atoms with Gasteiger partial charge in [0.1, 0.15) is 19.2 Å². The molecule has 0 radical (unpaired) electrons. The first-order chi connectivity index (χ1) is 8.48. The van der Waals surface area contributed by atoms with Crippen LogP contribution >= 0.6 is 0 Å². The van der Waals surface area contributed by atoms with Crippen LogP contribution in [0.2, 0.25) is 0 Å². The van der Waals surface area contributed by atoms with Gasteiger partial charge in [0.25, 0.3) is 0 Å². The Morgan fingerprint density at radius 1 is 1.21 bits per heavy atom. The summed E-state index contributed by atoms with van der Waals surface area (Å²) in [6.45, 7) is 3.30.